The van der Waals surface area contributed by atoms with Crippen LogP contribution >= 0.6 is 0 Å². The molecule has 3 rings (SSSR count). The first-order chi connectivity index (χ1) is 13.8. The van der Waals surface area contributed by atoms with E-state index in [1.54, 1.807) is 19.2 Å². The number of aryl methyl sites for hydroxylation is 1. The summed E-state index contributed by atoms with van der Waals surface area (Å²) in [5, 5.41) is 10.1. The van der Waals surface area contributed by atoms with Gasteiger partial charge in [0, 0.05) is 37.0 Å². The van der Waals surface area contributed by atoms with E-state index >= 15 is 0 Å². The number of halogens is 3. The van der Waals surface area contributed by atoms with Gasteiger partial charge < -0.3 is 15.0 Å². The molecule has 0 amide bonds. The molecule has 160 valence electrons. The average Bonchev–Trinajstić information content (AvgIpc) is 3.06. The number of hydrogen-bond acceptors (Lipinski definition) is 4. The number of nitrogens with one attached hydrogen (secondary N) is 2. The van der Waals surface area contributed by atoms with Crippen molar-refractivity contribution in [2.45, 2.75) is 38.9 Å². The van der Waals surface area contributed by atoms with E-state index < -0.39 is 11.7 Å². The Morgan fingerprint density at radius 2 is 2.07 bits per heavy atom. The van der Waals surface area contributed by atoms with Crippen LogP contribution in [0.2, 0.25) is 0 Å². The van der Waals surface area contributed by atoms with E-state index in [0.29, 0.717) is 35.9 Å². The SMILES string of the molecule is CNCCN(C)Cc1c[nH]nc1-c1cc(C)c(OCC2CCC2)c(C(F)(F)F)c1. The monoisotopic (exact) mass is 410 g/mol. The Morgan fingerprint density at radius 3 is 2.69 bits per heavy atom. The van der Waals surface area contributed by atoms with Crippen molar-refractivity contribution in [2.75, 3.05) is 33.8 Å². The van der Waals surface area contributed by atoms with Gasteiger partial charge in [0.15, 0.2) is 0 Å². The van der Waals surface area contributed by atoms with E-state index in [-0.39, 0.29) is 5.75 Å². The molecular weight excluding hydrogens is 381 g/mol. The summed E-state index contributed by atoms with van der Waals surface area (Å²) in [7, 11) is 3.85. The maximum absolute atomic E-state index is 13.8. The quantitative estimate of drug-likeness (QED) is 0.650. The molecule has 0 atom stereocenters. The average molecular weight is 410 g/mol. The van der Waals surface area contributed by atoms with Gasteiger partial charge in [0.2, 0.25) is 0 Å². The van der Waals surface area contributed by atoms with Crippen molar-refractivity contribution in [1.29, 1.82) is 0 Å². The fraction of sp³-hybridized carbons (Fsp3) is 0.571. The minimum Gasteiger partial charge on any atom is -0.492 e. The third kappa shape index (κ3) is 5.30. The molecule has 1 aromatic heterocycles. The Labute approximate surface area is 169 Å². The predicted octanol–water partition coefficient (Wildman–Crippen LogP) is 4.23. The highest BCUT2D eigenvalue weighted by molar-refractivity contribution is 5.67. The number of nitrogens with zero attached hydrogens (tertiary/aromatic N) is 2. The summed E-state index contributed by atoms with van der Waals surface area (Å²) in [6.45, 7) is 4.25. The van der Waals surface area contributed by atoms with Crippen molar-refractivity contribution in [3.8, 4) is 17.0 Å². The molecule has 0 spiro atoms. The van der Waals surface area contributed by atoms with Crippen molar-refractivity contribution in [1.82, 2.24) is 20.4 Å². The predicted molar refractivity (Wildman–Crippen MR) is 107 cm³/mol. The minimum atomic E-state index is -4.49. The smallest absolute Gasteiger partial charge is 0.419 e. The molecule has 0 unspecified atom stereocenters. The van der Waals surface area contributed by atoms with Gasteiger partial charge in [0.25, 0.3) is 0 Å². The van der Waals surface area contributed by atoms with E-state index in [1.165, 1.54) is 0 Å². The maximum Gasteiger partial charge on any atom is 0.419 e. The Balaban J connectivity index is 1.88. The molecule has 1 aromatic carbocycles. The van der Waals surface area contributed by atoms with Gasteiger partial charge in [-0.3, -0.25) is 5.10 Å². The summed E-state index contributed by atoms with van der Waals surface area (Å²) in [5.74, 6) is 0.303. The first-order valence-electron chi connectivity index (χ1n) is 10.0. The highest BCUT2D eigenvalue weighted by atomic mass is 19.4. The molecule has 1 aliphatic carbocycles. The van der Waals surface area contributed by atoms with Gasteiger partial charge in [0.1, 0.15) is 5.75 Å². The van der Waals surface area contributed by atoms with Crippen LogP contribution in [-0.2, 0) is 12.7 Å². The van der Waals surface area contributed by atoms with Gasteiger partial charge in [-0.25, -0.2) is 0 Å². The molecule has 2 aromatic rings. The standard InChI is InChI=1S/C21H29F3N4O/c1-14-9-16(19-17(11-26-27-19)12-28(3)8-7-25-2)10-18(21(22,23)24)20(14)29-13-15-5-4-6-15/h9-11,15,25H,4-8,12-13H2,1-3H3,(H,26,27). The first kappa shape index (κ1) is 21.6. The molecule has 0 bridgehead atoms. The Bertz CT molecular complexity index is 815. The fourth-order valence-electron chi connectivity index (χ4n) is 3.53. The number of alkyl halides is 3. The van der Waals surface area contributed by atoms with E-state index in [4.69, 9.17) is 4.74 Å². The lowest BCUT2D eigenvalue weighted by molar-refractivity contribution is -0.139. The van der Waals surface area contributed by atoms with Crippen LogP contribution in [0, 0.1) is 12.8 Å². The molecule has 2 N–H and O–H groups in total. The molecule has 0 saturated heterocycles. The molecule has 0 radical (unpaired) electrons. The van der Waals surface area contributed by atoms with Crippen molar-refractivity contribution < 1.29 is 17.9 Å². The lowest BCUT2D eigenvalue weighted by Gasteiger charge is -2.26. The van der Waals surface area contributed by atoms with Crippen molar-refractivity contribution in [2.24, 2.45) is 5.92 Å². The summed E-state index contributed by atoms with van der Waals surface area (Å²) in [6.07, 6.45) is 0.430. The van der Waals surface area contributed by atoms with Gasteiger partial charge in [-0.15, -0.1) is 0 Å². The minimum absolute atomic E-state index is 0.0589. The van der Waals surface area contributed by atoms with Crippen molar-refractivity contribution >= 4 is 0 Å². The highest BCUT2D eigenvalue weighted by Crippen LogP contribution is 2.42. The number of likely N-dealkylation sites (N-methyl/N-ethyl adjacent to an activating group) is 2. The molecule has 1 aliphatic rings. The van der Waals surface area contributed by atoms with Crippen LogP contribution in [0.25, 0.3) is 11.3 Å². The van der Waals surface area contributed by atoms with E-state index in [9.17, 15) is 13.2 Å². The van der Waals surface area contributed by atoms with E-state index in [1.807, 2.05) is 14.1 Å². The van der Waals surface area contributed by atoms with Gasteiger partial charge in [-0.1, -0.05) is 6.42 Å². The Kier molecular flexibility index (Phi) is 6.85. The molecule has 1 saturated carbocycles. The number of rotatable bonds is 9. The summed E-state index contributed by atoms with van der Waals surface area (Å²) >= 11 is 0. The van der Waals surface area contributed by atoms with Crippen LogP contribution < -0.4 is 10.1 Å². The zero-order chi connectivity index (χ0) is 21.0. The molecule has 1 heterocycles. The number of benzene rings is 1. The normalized spacial score (nSPS) is 15.0. The van der Waals surface area contributed by atoms with Crippen LogP contribution in [0.1, 0.15) is 36.0 Å². The van der Waals surface area contributed by atoms with E-state index in [2.05, 4.69) is 20.4 Å². The zero-order valence-electron chi connectivity index (χ0n) is 17.2. The summed E-state index contributed by atoms with van der Waals surface area (Å²) in [5.41, 5.74) is 1.60. The molecule has 1 fully saturated rings. The Hall–Kier alpha value is -2.06. The third-order valence-electron chi connectivity index (χ3n) is 5.44. The van der Waals surface area contributed by atoms with Gasteiger partial charge >= 0.3 is 6.18 Å². The van der Waals surface area contributed by atoms with Crippen LogP contribution in [0.4, 0.5) is 13.2 Å². The zero-order valence-corrected chi connectivity index (χ0v) is 17.2. The molecule has 0 aliphatic heterocycles. The van der Waals surface area contributed by atoms with Crippen LogP contribution in [0.5, 0.6) is 5.75 Å². The van der Waals surface area contributed by atoms with Gasteiger partial charge in [-0.05, 0) is 57.5 Å². The van der Waals surface area contributed by atoms with Crippen molar-refractivity contribution in [3.63, 3.8) is 0 Å². The summed E-state index contributed by atoms with van der Waals surface area (Å²) in [6, 6.07) is 2.90. The highest BCUT2D eigenvalue weighted by Gasteiger charge is 2.36. The second kappa shape index (κ2) is 9.17. The summed E-state index contributed by atoms with van der Waals surface area (Å²) < 4.78 is 47.0. The maximum atomic E-state index is 13.8. The summed E-state index contributed by atoms with van der Waals surface area (Å²) in [4.78, 5) is 2.10. The molecule has 29 heavy (non-hydrogen) atoms. The Morgan fingerprint density at radius 1 is 1.31 bits per heavy atom. The van der Waals surface area contributed by atoms with Gasteiger partial charge in [-0.2, -0.15) is 18.3 Å². The number of H-pyrrole nitrogens is 1. The number of hydrogen-bond donors (Lipinski definition) is 2. The molecule has 8 heteroatoms. The third-order valence-corrected chi connectivity index (χ3v) is 5.44. The van der Waals surface area contributed by atoms with Crippen molar-refractivity contribution in [3.05, 3.63) is 35.0 Å². The largest absolute Gasteiger partial charge is 0.492 e. The van der Waals surface area contributed by atoms with E-state index in [0.717, 1.165) is 44.0 Å². The lowest BCUT2D eigenvalue weighted by Crippen LogP contribution is -2.27. The number of aromatic amines is 1. The fourth-order valence-corrected chi connectivity index (χ4v) is 3.53. The number of ether oxygens (including phenoxy) is 1. The molecular formula is C21H29F3N4O. The van der Waals surface area contributed by atoms with Crippen LogP contribution in [0.3, 0.4) is 0 Å². The van der Waals surface area contributed by atoms with Crippen LogP contribution in [0.15, 0.2) is 18.3 Å². The van der Waals surface area contributed by atoms with Crippen LogP contribution in [-0.4, -0.2) is 48.9 Å². The number of aromatic nitrogens is 2. The topological polar surface area (TPSA) is 53.2 Å². The lowest BCUT2D eigenvalue weighted by atomic mass is 9.86. The second-order valence-corrected chi connectivity index (χ2v) is 7.88. The second-order valence-electron chi connectivity index (χ2n) is 7.88. The van der Waals surface area contributed by atoms with Gasteiger partial charge in [0.05, 0.1) is 17.9 Å². The first-order valence-corrected chi connectivity index (χ1v) is 10.0. The molecule has 5 nitrogen and oxygen atoms in total.